The van der Waals surface area contributed by atoms with Crippen molar-refractivity contribution in [3.63, 3.8) is 0 Å². The average Bonchev–Trinajstić information content (AvgIpc) is 3.09. The summed E-state index contributed by atoms with van der Waals surface area (Å²) in [5.74, 6) is 0.544. The van der Waals surface area contributed by atoms with Gasteiger partial charge in [-0.2, -0.15) is 12.7 Å². The molecule has 1 heterocycles. The van der Waals surface area contributed by atoms with Crippen LogP contribution in [-0.2, 0) is 24.3 Å². The monoisotopic (exact) mass is 455 g/mol. The minimum atomic E-state index is -4.05. The molecule has 2 aromatic rings. The van der Waals surface area contributed by atoms with E-state index in [1.807, 2.05) is 13.8 Å². The van der Waals surface area contributed by atoms with Crippen molar-refractivity contribution in [1.82, 2.24) is 4.31 Å². The van der Waals surface area contributed by atoms with Gasteiger partial charge in [0.25, 0.3) is 10.1 Å². The van der Waals surface area contributed by atoms with Gasteiger partial charge in [-0.1, -0.05) is 17.7 Å². The molecule has 0 spiro atoms. The lowest BCUT2D eigenvalue weighted by atomic mass is 10.2. The Morgan fingerprint density at radius 1 is 1.00 bits per heavy atom. The Morgan fingerprint density at radius 2 is 1.60 bits per heavy atom. The SMILES string of the molecule is CCOc1ccc(S(=O)(=O)N2C[C@@H](O)C[C@@H]2COS(=O)(=O)c2ccc(C)cc2)cc1. The molecule has 0 radical (unpaired) electrons. The minimum absolute atomic E-state index is 0.00688. The fourth-order valence-electron chi connectivity index (χ4n) is 3.26. The molecule has 0 unspecified atom stereocenters. The number of sulfonamides is 1. The van der Waals surface area contributed by atoms with Crippen LogP contribution in [0.2, 0.25) is 0 Å². The molecule has 2 aromatic carbocycles. The second-order valence-electron chi connectivity index (χ2n) is 7.07. The number of aryl methyl sites for hydroxylation is 1. The topological polar surface area (TPSA) is 110 Å². The van der Waals surface area contributed by atoms with Gasteiger partial charge in [-0.05, 0) is 56.7 Å². The first-order chi connectivity index (χ1) is 14.1. The summed E-state index contributed by atoms with van der Waals surface area (Å²) in [5.41, 5.74) is 0.903. The van der Waals surface area contributed by atoms with Crippen LogP contribution in [0.25, 0.3) is 0 Å². The molecular weight excluding hydrogens is 430 g/mol. The lowest BCUT2D eigenvalue weighted by Gasteiger charge is -2.23. The van der Waals surface area contributed by atoms with Crippen LogP contribution in [0.1, 0.15) is 18.9 Å². The molecule has 0 amide bonds. The third-order valence-electron chi connectivity index (χ3n) is 4.81. The third-order valence-corrected chi connectivity index (χ3v) is 8.04. The minimum Gasteiger partial charge on any atom is -0.494 e. The first kappa shape index (κ1) is 22.7. The van der Waals surface area contributed by atoms with Crippen molar-refractivity contribution in [2.24, 2.45) is 0 Å². The van der Waals surface area contributed by atoms with Gasteiger partial charge in [0.15, 0.2) is 0 Å². The van der Waals surface area contributed by atoms with Crippen LogP contribution in [0, 0.1) is 6.92 Å². The van der Waals surface area contributed by atoms with Gasteiger partial charge in [0.1, 0.15) is 5.75 Å². The smallest absolute Gasteiger partial charge is 0.297 e. The number of benzene rings is 2. The summed E-state index contributed by atoms with van der Waals surface area (Å²) >= 11 is 0. The Bertz CT molecular complexity index is 1070. The number of rotatable bonds is 8. The fraction of sp³-hybridized carbons (Fsp3) is 0.400. The molecule has 1 saturated heterocycles. The lowest BCUT2D eigenvalue weighted by Crippen LogP contribution is -2.39. The Kier molecular flexibility index (Phi) is 6.83. The number of aliphatic hydroxyl groups excluding tert-OH is 1. The summed E-state index contributed by atoms with van der Waals surface area (Å²) in [5, 5.41) is 10.0. The van der Waals surface area contributed by atoms with Gasteiger partial charge in [0.2, 0.25) is 10.0 Å². The zero-order valence-electron chi connectivity index (χ0n) is 16.8. The van der Waals surface area contributed by atoms with Gasteiger partial charge < -0.3 is 9.84 Å². The highest BCUT2D eigenvalue weighted by molar-refractivity contribution is 7.89. The molecule has 10 heteroatoms. The van der Waals surface area contributed by atoms with E-state index < -0.39 is 32.3 Å². The molecule has 0 bridgehead atoms. The van der Waals surface area contributed by atoms with Gasteiger partial charge in [0, 0.05) is 6.54 Å². The van der Waals surface area contributed by atoms with Crippen molar-refractivity contribution in [2.75, 3.05) is 19.8 Å². The number of ether oxygens (including phenoxy) is 1. The van der Waals surface area contributed by atoms with E-state index in [4.69, 9.17) is 8.92 Å². The quantitative estimate of drug-likeness (QED) is 0.606. The summed E-state index contributed by atoms with van der Waals surface area (Å²) in [6, 6.07) is 11.3. The van der Waals surface area contributed by atoms with Crippen molar-refractivity contribution >= 4 is 20.1 Å². The zero-order chi connectivity index (χ0) is 21.9. The van der Waals surface area contributed by atoms with Gasteiger partial charge in [-0.3, -0.25) is 4.18 Å². The van der Waals surface area contributed by atoms with E-state index >= 15 is 0 Å². The fourth-order valence-corrected chi connectivity index (χ4v) is 5.86. The maximum atomic E-state index is 13.1. The van der Waals surface area contributed by atoms with E-state index in [1.165, 1.54) is 24.3 Å². The summed E-state index contributed by atoms with van der Waals surface area (Å²) < 4.78 is 62.6. The third kappa shape index (κ3) is 5.01. The molecule has 1 aliphatic heterocycles. The molecule has 0 aromatic heterocycles. The number of nitrogens with zero attached hydrogens (tertiary/aromatic N) is 1. The Morgan fingerprint density at radius 3 is 2.20 bits per heavy atom. The normalized spacial score (nSPS) is 20.4. The predicted molar refractivity (Wildman–Crippen MR) is 110 cm³/mol. The number of hydrogen-bond donors (Lipinski definition) is 1. The second-order valence-corrected chi connectivity index (χ2v) is 10.6. The number of aliphatic hydroxyl groups is 1. The zero-order valence-corrected chi connectivity index (χ0v) is 18.4. The molecule has 0 saturated carbocycles. The molecule has 1 aliphatic rings. The first-order valence-electron chi connectivity index (χ1n) is 9.52. The van der Waals surface area contributed by atoms with Crippen molar-refractivity contribution in [3.05, 3.63) is 54.1 Å². The van der Waals surface area contributed by atoms with Crippen LogP contribution < -0.4 is 4.74 Å². The highest BCUT2D eigenvalue weighted by atomic mass is 32.2. The van der Waals surface area contributed by atoms with E-state index in [9.17, 15) is 21.9 Å². The maximum absolute atomic E-state index is 13.1. The number of β-amino-alcohol motifs (C(OH)–C–C–N with tert-alkyl or cyclic N) is 1. The molecular formula is C20H25NO7S2. The van der Waals surface area contributed by atoms with Crippen LogP contribution in [0.3, 0.4) is 0 Å². The van der Waals surface area contributed by atoms with Crippen LogP contribution in [0.4, 0.5) is 0 Å². The first-order valence-corrected chi connectivity index (χ1v) is 12.4. The van der Waals surface area contributed by atoms with E-state index in [1.54, 1.807) is 24.3 Å². The summed E-state index contributed by atoms with van der Waals surface area (Å²) in [6.45, 7) is 3.60. The van der Waals surface area contributed by atoms with Crippen LogP contribution in [0.15, 0.2) is 58.3 Å². The molecule has 30 heavy (non-hydrogen) atoms. The Labute approximate surface area is 177 Å². The molecule has 1 fully saturated rings. The van der Waals surface area contributed by atoms with Crippen molar-refractivity contribution in [2.45, 2.75) is 42.2 Å². The second kappa shape index (κ2) is 9.03. The van der Waals surface area contributed by atoms with Crippen molar-refractivity contribution < 1.29 is 30.9 Å². The van der Waals surface area contributed by atoms with Gasteiger partial charge in [-0.15, -0.1) is 0 Å². The molecule has 2 atom stereocenters. The average molecular weight is 456 g/mol. The largest absolute Gasteiger partial charge is 0.494 e. The molecule has 164 valence electrons. The predicted octanol–water partition coefficient (Wildman–Crippen LogP) is 1.92. The van der Waals surface area contributed by atoms with E-state index in [-0.39, 0.29) is 29.4 Å². The molecule has 8 nitrogen and oxygen atoms in total. The molecule has 3 rings (SSSR count). The van der Waals surface area contributed by atoms with Crippen molar-refractivity contribution in [3.8, 4) is 5.75 Å². The highest BCUT2D eigenvalue weighted by Crippen LogP contribution is 2.28. The Balaban J connectivity index is 1.77. The van der Waals surface area contributed by atoms with E-state index in [2.05, 4.69) is 0 Å². The molecule has 1 N–H and O–H groups in total. The lowest BCUT2D eigenvalue weighted by molar-refractivity contribution is 0.186. The Hall–Kier alpha value is -1.98. The van der Waals surface area contributed by atoms with Crippen LogP contribution >= 0.6 is 0 Å². The van der Waals surface area contributed by atoms with E-state index in [0.717, 1.165) is 9.87 Å². The van der Waals surface area contributed by atoms with E-state index in [0.29, 0.717) is 12.4 Å². The van der Waals surface area contributed by atoms with Gasteiger partial charge >= 0.3 is 0 Å². The summed E-state index contributed by atoms with van der Waals surface area (Å²) in [6.07, 6.45) is -0.821. The van der Waals surface area contributed by atoms with Gasteiger partial charge in [0.05, 0.1) is 35.2 Å². The maximum Gasteiger partial charge on any atom is 0.297 e. The van der Waals surface area contributed by atoms with Crippen molar-refractivity contribution in [1.29, 1.82) is 0 Å². The van der Waals surface area contributed by atoms with Crippen LogP contribution in [-0.4, -0.2) is 58.2 Å². The number of hydrogen-bond acceptors (Lipinski definition) is 7. The molecule has 0 aliphatic carbocycles. The van der Waals surface area contributed by atoms with Gasteiger partial charge in [-0.25, -0.2) is 8.42 Å². The van der Waals surface area contributed by atoms with Crippen LogP contribution in [0.5, 0.6) is 5.75 Å². The highest BCUT2D eigenvalue weighted by Gasteiger charge is 2.40. The standard InChI is InChI=1S/C20H25NO7S2/c1-3-27-18-6-10-19(11-7-18)29(23,24)21-13-17(22)12-16(21)14-28-30(25,26)20-8-4-15(2)5-9-20/h4-11,16-17,22H,3,12-14H2,1-2H3/t16-,17+/m1/s1. The summed E-state index contributed by atoms with van der Waals surface area (Å²) in [4.78, 5) is 0.0269. The summed E-state index contributed by atoms with van der Waals surface area (Å²) in [7, 11) is -7.99.